The van der Waals surface area contributed by atoms with Crippen LogP contribution in [-0.4, -0.2) is 37.1 Å². The van der Waals surface area contributed by atoms with Crippen LogP contribution in [0.15, 0.2) is 63.5 Å². The van der Waals surface area contributed by atoms with Crippen LogP contribution in [0.25, 0.3) is 0 Å². The van der Waals surface area contributed by atoms with E-state index >= 15 is 0 Å². The number of imide groups is 1. The van der Waals surface area contributed by atoms with E-state index in [0.717, 1.165) is 44.9 Å². The molecular weight excluding hydrogens is 563 g/mol. The molecule has 0 spiro atoms. The molecule has 1 atom stereocenters. The average Bonchev–Trinajstić information content (AvgIpc) is 3.10. The van der Waals surface area contributed by atoms with E-state index in [2.05, 4.69) is 22.0 Å². The highest BCUT2D eigenvalue weighted by Crippen LogP contribution is 2.34. The molecule has 4 rings (SSSR count). The largest absolute Gasteiger partial charge is 0.274 e. The molecule has 0 saturated carbocycles. The molecule has 2 aromatic carbocycles. The predicted molar refractivity (Wildman–Crippen MR) is 137 cm³/mol. The maximum absolute atomic E-state index is 13.8. The summed E-state index contributed by atoms with van der Waals surface area (Å²) in [6, 6.07) is 9.75. The number of carbonyl (C=O) groups excluding carboxylic acids is 2. The topological polar surface area (TPSA) is 74.8 Å². The van der Waals surface area contributed by atoms with E-state index in [1.807, 2.05) is 0 Å². The molecule has 34 heavy (non-hydrogen) atoms. The first-order valence-corrected chi connectivity index (χ1v) is 13.9. The van der Waals surface area contributed by atoms with Gasteiger partial charge in [-0.15, -0.1) is 0 Å². The number of allylic oxidation sites excluding steroid dienone is 1. The Hall–Kier alpha value is -1.71. The molecule has 2 aromatic rings. The van der Waals surface area contributed by atoms with E-state index in [1.54, 1.807) is 24.3 Å². The fourth-order valence-corrected chi connectivity index (χ4v) is 6.92. The highest BCUT2D eigenvalue weighted by molar-refractivity contribution is 9.10. The van der Waals surface area contributed by atoms with Crippen LogP contribution in [0, 0.1) is 0 Å². The van der Waals surface area contributed by atoms with Crippen LogP contribution >= 0.6 is 39.1 Å². The lowest BCUT2D eigenvalue weighted by Crippen LogP contribution is -2.46. The number of hydrogen-bond donors (Lipinski definition) is 0. The van der Waals surface area contributed by atoms with Gasteiger partial charge in [-0.1, -0.05) is 50.8 Å². The Balaban J connectivity index is 1.71. The van der Waals surface area contributed by atoms with Gasteiger partial charge in [-0.2, -0.15) is 4.31 Å². The molecule has 1 heterocycles. The lowest BCUT2D eigenvalue weighted by Gasteiger charge is -2.28. The molecule has 0 aromatic heterocycles. The second kappa shape index (κ2) is 10.5. The lowest BCUT2D eigenvalue weighted by atomic mass is 9.97. The van der Waals surface area contributed by atoms with Crippen LogP contribution in [0.4, 0.5) is 5.69 Å². The normalized spacial score (nSPS) is 19.1. The highest BCUT2D eigenvalue weighted by Gasteiger charge is 2.47. The van der Waals surface area contributed by atoms with Crippen molar-refractivity contribution in [2.24, 2.45) is 0 Å². The minimum Gasteiger partial charge on any atom is -0.274 e. The van der Waals surface area contributed by atoms with E-state index in [0.29, 0.717) is 12.1 Å². The second-order valence-electron chi connectivity index (χ2n) is 8.31. The smallest absolute Gasteiger partial charge is 0.252 e. The number of rotatable bonds is 7. The average molecular weight is 586 g/mol. The zero-order chi connectivity index (χ0) is 24.5. The fourth-order valence-electron chi connectivity index (χ4n) is 4.33. The molecule has 6 nitrogen and oxygen atoms in total. The first-order chi connectivity index (χ1) is 16.2. The van der Waals surface area contributed by atoms with Crippen LogP contribution in [0.3, 0.4) is 0 Å². The highest BCUT2D eigenvalue weighted by atomic mass is 79.9. The van der Waals surface area contributed by atoms with E-state index in [-0.39, 0.29) is 27.9 Å². The maximum Gasteiger partial charge on any atom is 0.252 e. The molecule has 1 aliphatic heterocycles. The third-order valence-corrected chi connectivity index (χ3v) is 9.23. The minimum absolute atomic E-state index is 0.00724. The fraction of sp³-hybridized carbons (Fsp3) is 0.333. The first kappa shape index (κ1) is 25.4. The van der Waals surface area contributed by atoms with Crippen molar-refractivity contribution >= 4 is 66.7 Å². The molecule has 0 bridgehead atoms. The van der Waals surface area contributed by atoms with Gasteiger partial charge in [0.05, 0.1) is 17.1 Å². The Kier molecular flexibility index (Phi) is 7.84. The van der Waals surface area contributed by atoms with Gasteiger partial charge in [-0.25, -0.2) is 13.3 Å². The van der Waals surface area contributed by atoms with Gasteiger partial charge in [0.2, 0.25) is 15.9 Å². The molecule has 10 heteroatoms. The third kappa shape index (κ3) is 5.26. The zero-order valence-electron chi connectivity index (χ0n) is 18.2. The maximum atomic E-state index is 13.8. The summed E-state index contributed by atoms with van der Waals surface area (Å²) < 4.78 is 29.5. The molecule has 2 amide bonds. The number of anilines is 1. The Morgan fingerprint density at radius 3 is 2.47 bits per heavy atom. The molecule has 1 aliphatic carbocycles. The molecule has 1 saturated heterocycles. The van der Waals surface area contributed by atoms with Crippen molar-refractivity contribution in [1.29, 1.82) is 0 Å². The molecular formula is C24H23BrCl2N2O4S. The van der Waals surface area contributed by atoms with Crippen LogP contribution in [0.1, 0.15) is 38.5 Å². The van der Waals surface area contributed by atoms with Gasteiger partial charge >= 0.3 is 0 Å². The number of benzene rings is 2. The summed E-state index contributed by atoms with van der Waals surface area (Å²) in [6.45, 7) is 0.0644. The van der Waals surface area contributed by atoms with Gasteiger partial charge in [0, 0.05) is 16.0 Å². The summed E-state index contributed by atoms with van der Waals surface area (Å²) in [5.74, 6) is -1.03. The first-order valence-electron chi connectivity index (χ1n) is 11.0. The third-order valence-electron chi connectivity index (χ3n) is 6.07. The number of halogens is 3. The zero-order valence-corrected chi connectivity index (χ0v) is 22.1. The van der Waals surface area contributed by atoms with Crippen molar-refractivity contribution in [2.75, 3.05) is 11.4 Å². The molecule has 1 fully saturated rings. The Morgan fingerprint density at radius 2 is 1.79 bits per heavy atom. The van der Waals surface area contributed by atoms with Crippen LogP contribution in [0.2, 0.25) is 10.0 Å². The summed E-state index contributed by atoms with van der Waals surface area (Å²) in [5.41, 5.74) is 1.55. The van der Waals surface area contributed by atoms with Gasteiger partial charge in [0.1, 0.15) is 10.9 Å². The van der Waals surface area contributed by atoms with Crippen molar-refractivity contribution in [3.8, 4) is 0 Å². The van der Waals surface area contributed by atoms with Crippen LogP contribution in [-0.2, 0) is 19.6 Å². The number of amides is 2. The number of hydrogen-bond acceptors (Lipinski definition) is 4. The van der Waals surface area contributed by atoms with Gasteiger partial charge in [-0.3, -0.25) is 9.59 Å². The molecule has 0 radical (unpaired) electrons. The van der Waals surface area contributed by atoms with E-state index in [4.69, 9.17) is 23.2 Å². The van der Waals surface area contributed by atoms with Crippen LogP contribution in [0.5, 0.6) is 0 Å². The minimum atomic E-state index is -4.22. The number of carbonyl (C=O) groups is 2. The Bertz CT molecular complexity index is 1250. The van der Waals surface area contributed by atoms with Crippen molar-refractivity contribution in [3.05, 3.63) is 68.6 Å². The van der Waals surface area contributed by atoms with Gasteiger partial charge < -0.3 is 0 Å². The standard InChI is InChI=1S/C24H23BrCl2N2O4S/c25-17-6-9-19(10-7-17)29-23(30)15-21(24(29)31)28(13-12-16-4-2-1-3-5-16)34(32,33)22-14-18(26)8-11-20(22)27/h4,6-11,14,21H,1-3,5,12-13,15H2. The van der Waals surface area contributed by atoms with E-state index in [1.165, 1.54) is 18.2 Å². The summed E-state index contributed by atoms with van der Waals surface area (Å²) in [6.07, 6.45) is 6.39. The lowest BCUT2D eigenvalue weighted by molar-refractivity contribution is -0.122. The van der Waals surface area contributed by atoms with Crippen molar-refractivity contribution in [3.63, 3.8) is 0 Å². The van der Waals surface area contributed by atoms with Gasteiger partial charge in [0.15, 0.2) is 0 Å². The molecule has 180 valence electrons. The predicted octanol–water partition coefficient (Wildman–Crippen LogP) is 5.97. The molecule has 1 unspecified atom stereocenters. The summed E-state index contributed by atoms with van der Waals surface area (Å²) >= 11 is 15.6. The van der Waals surface area contributed by atoms with Crippen molar-refractivity contribution < 1.29 is 18.0 Å². The Morgan fingerprint density at radius 1 is 1.06 bits per heavy atom. The molecule has 2 aliphatic rings. The quantitative estimate of drug-likeness (QED) is 0.296. The monoisotopic (exact) mass is 584 g/mol. The summed E-state index contributed by atoms with van der Waals surface area (Å²) in [7, 11) is -4.22. The van der Waals surface area contributed by atoms with Gasteiger partial charge in [0.25, 0.3) is 5.91 Å². The van der Waals surface area contributed by atoms with Crippen LogP contribution < -0.4 is 4.90 Å². The molecule has 0 N–H and O–H groups in total. The van der Waals surface area contributed by atoms with E-state index < -0.39 is 27.9 Å². The van der Waals surface area contributed by atoms with Crippen molar-refractivity contribution in [1.82, 2.24) is 4.31 Å². The number of sulfonamides is 1. The van der Waals surface area contributed by atoms with E-state index in [9.17, 15) is 18.0 Å². The van der Waals surface area contributed by atoms with Crippen molar-refractivity contribution in [2.45, 2.75) is 49.5 Å². The summed E-state index contributed by atoms with van der Waals surface area (Å²) in [4.78, 5) is 27.2. The SMILES string of the molecule is O=C1CC(N(CCC2=CCCCC2)S(=O)(=O)c2cc(Cl)ccc2Cl)C(=O)N1c1ccc(Br)cc1. The second-order valence-corrected chi connectivity index (χ2v) is 11.9. The summed E-state index contributed by atoms with van der Waals surface area (Å²) in [5, 5.41) is 0.219. The number of nitrogens with zero attached hydrogens (tertiary/aromatic N) is 2. The van der Waals surface area contributed by atoms with Gasteiger partial charge in [-0.05, 0) is 74.6 Å². The Labute approximate surface area is 217 Å².